The van der Waals surface area contributed by atoms with Crippen LogP contribution in [0.1, 0.15) is 18.4 Å². The summed E-state index contributed by atoms with van der Waals surface area (Å²) in [5.74, 6) is 1.12. The van der Waals surface area contributed by atoms with E-state index < -0.39 is 0 Å². The molecule has 1 aromatic heterocycles. The Morgan fingerprint density at radius 2 is 1.66 bits per heavy atom. The summed E-state index contributed by atoms with van der Waals surface area (Å²) in [6.07, 6.45) is 4.25. The van der Waals surface area contributed by atoms with Gasteiger partial charge in [-0.3, -0.25) is 9.47 Å². The number of nitrogens with zero attached hydrogens (tertiary/aromatic N) is 3. The first kappa shape index (κ1) is 19.2. The highest BCUT2D eigenvalue weighted by Gasteiger charge is 2.11. The largest absolute Gasteiger partial charge is 0.492 e. The molecule has 1 fully saturated rings. The number of ether oxygens (including phenoxy) is 2. The lowest BCUT2D eigenvalue weighted by molar-refractivity contribution is 0.238. The average Bonchev–Trinajstić information content (AvgIpc) is 3.27. The minimum atomic E-state index is -0.377. The first-order valence-electron chi connectivity index (χ1n) is 10.00. The van der Waals surface area contributed by atoms with Crippen molar-refractivity contribution in [2.24, 2.45) is 0 Å². The summed E-state index contributed by atoms with van der Waals surface area (Å²) in [5.41, 5.74) is 1.39. The van der Waals surface area contributed by atoms with Gasteiger partial charge in [0.2, 0.25) is 5.88 Å². The quantitative estimate of drug-likeness (QED) is 0.590. The van der Waals surface area contributed by atoms with Gasteiger partial charge in [-0.1, -0.05) is 30.3 Å². The summed E-state index contributed by atoms with van der Waals surface area (Å²) in [5, 5.41) is 0. The van der Waals surface area contributed by atoms with Gasteiger partial charge < -0.3 is 9.47 Å². The number of benzene rings is 2. The van der Waals surface area contributed by atoms with Crippen LogP contribution in [0, 0.1) is 0 Å². The zero-order chi connectivity index (χ0) is 19.9. The second-order valence-electron chi connectivity index (χ2n) is 7.08. The maximum atomic E-state index is 12.4. The summed E-state index contributed by atoms with van der Waals surface area (Å²) < 4.78 is 12.9. The molecule has 4 rings (SSSR count). The Morgan fingerprint density at radius 1 is 0.897 bits per heavy atom. The lowest BCUT2D eigenvalue weighted by Gasteiger charge is -2.15. The molecule has 150 valence electrons. The Bertz CT molecular complexity index is 965. The van der Waals surface area contributed by atoms with Crippen LogP contribution in [0.15, 0.2) is 71.7 Å². The molecular formula is C23H25N3O3. The van der Waals surface area contributed by atoms with Crippen LogP contribution in [-0.2, 0) is 6.61 Å². The van der Waals surface area contributed by atoms with Gasteiger partial charge in [-0.15, -0.1) is 0 Å². The molecule has 2 aromatic carbocycles. The molecule has 6 heteroatoms. The van der Waals surface area contributed by atoms with Crippen LogP contribution in [0.3, 0.4) is 0 Å². The molecule has 0 atom stereocenters. The fraction of sp³-hybridized carbons (Fsp3) is 0.304. The van der Waals surface area contributed by atoms with Crippen molar-refractivity contribution in [3.8, 4) is 17.3 Å². The van der Waals surface area contributed by atoms with Gasteiger partial charge in [0.15, 0.2) is 0 Å². The molecule has 0 radical (unpaired) electrons. The Morgan fingerprint density at radius 3 is 2.38 bits per heavy atom. The smallest absolute Gasteiger partial charge is 0.355 e. The van der Waals surface area contributed by atoms with Gasteiger partial charge in [0.05, 0.1) is 5.69 Å². The number of likely N-dealkylation sites (tertiary alicyclic amines) is 1. The van der Waals surface area contributed by atoms with Crippen molar-refractivity contribution < 1.29 is 9.47 Å². The molecule has 0 aliphatic carbocycles. The van der Waals surface area contributed by atoms with Crippen LogP contribution in [-0.4, -0.2) is 40.7 Å². The van der Waals surface area contributed by atoms with Gasteiger partial charge in [0, 0.05) is 18.8 Å². The summed E-state index contributed by atoms with van der Waals surface area (Å²) in [6, 6.07) is 19.0. The van der Waals surface area contributed by atoms with E-state index in [-0.39, 0.29) is 5.69 Å². The SMILES string of the molecule is O=c1nc(OCc2ccccc2)ccn1-c1ccc(OCCN2CCCC2)cc1. The van der Waals surface area contributed by atoms with Crippen LogP contribution in [0.2, 0.25) is 0 Å². The lowest BCUT2D eigenvalue weighted by atomic mass is 10.2. The van der Waals surface area contributed by atoms with Crippen molar-refractivity contribution in [2.75, 3.05) is 26.2 Å². The second kappa shape index (κ2) is 9.39. The first-order valence-corrected chi connectivity index (χ1v) is 10.00. The molecule has 29 heavy (non-hydrogen) atoms. The Kier molecular flexibility index (Phi) is 6.22. The standard InChI is InChI=1S/C23H25N3O3/c27-23-24-22(29-18-19-6-2-1-3-7-19)12-15-26(23)20-8-10-21(11-9-20)28-17-16-25-13-4-5-14-25/h1-3,6-12,15H,4-5,13-14,16-18H2. The molecular weight excluding hydrogens is 366 g/mol. The molecule has 0 bridgehead atoms. The van der Waals surface area contributed by atoms with Gasteiger partial charge >= 0.3 is 5.69 Å². The topological polar surface area (TPSA) is 56.6 Å². The predicted molar refractivity (Wildman–Crippen MR) is 112 cm³/mol. The molecule has 0 saturated carbocycles. The van der Waals surface area contributed by atoms with Crippen molar-refractivity contribution in [3.63, 3.8) is 0 Å². The van der Waals surface area contributed by atoms with Crippen molar-refractivity contribution in [1.82, 2.24) is 14.5 Å². The minimum absolute atomic E-state index is 0.317. The highest BCUT2D eigenvalue weighted by atomic mass is 16.5. The predicted octanol–water partition coefficient (Wildman–Crippen LogP) is 3.29. The third-order valence-corrected chi connectivity index (χ3v) is 5.00. The van der Waals surface area contributed by atoms with Crippen molar-refractivity contribution in [2.45, 2.75) is 19.4 Å². The van der Waals surface area contributed by atoms with E-state index in [1.54, 1.807) is 12.3 Å². The van der Waals surface area contributed by atoms with Gasteiger partial charge in [0.25, 0.3) is 0 Å². The molecule has 1 saturated heterocycles. The molecule has 2 heterocycles. The first-order chi connectivity index (χ1) is 14.3. The molecule has 0 N–H and O–H groups in total. The molecule has 1 aliphatic rings. The lowest BCUT2D eigenvalue weighted by Crippen LogP contribution is -2.25. The summed E-state index contributed by atoms with van der Waals surface area (Å²) in [4.78, 5) is 18.8. The van der Waals surface area contributed by atoms with Crippen LogP contribution in [0.4, 0.5) is 0 Å². The normalized spacial score (nSPS) is 14.1. The Balaban J connectivity index is 1.34. The van der Waals surface area contributed by atoms with E-state index in [1.165, 1.54) is 30.5 Å². The van der Waals surface area contributed by atoms with E-state index in [9.17, 15) is 4.79 Å². The third kappa shape index (κ3) is 5.23. The maximum Gasteiger partial charge on any atom is 0.355 e. The van der Waals surface area contributed by atoms with E-state index in [0.717, 1.165) is 23.5 Å². The van der Waals surface area contributed by atoms with E-state index >= 15 is 0 Å². The third-order valence-electron chi connectivity index (χ3n) is 5.00. The minimum Gasteiger partial charge on any atom is -0.492 e. The summed E-state index contributed by atoms with van der Waals surface area (Å²) in [6.45, 7) is 4.34. The number of hydrogen-bond acceptors (Lipinski definition) is 5. The van der Waals surface area contributed by atoms with Crippen LogP contribution >= 0.6 is 0 Å². The molecule has 0 unspecified atom stereocenters. The zero-order valence-electron chi connectivity index (χ0n) is 16.4. The summed E-state index contributed by atoms with van der Waals surface area (Å²) in [7, 11) is 0. The average molecular weight is 391 g/mol. The molecule has 0 amide bonds. The van der Waals surface area contributed by atoms with Gasteiger partial charge in [-0.05, 0) is 55.8 Å². The molecule has 3 aromatic rings. The zero-order valence-corrected chi connectivity index (χ0v) is 16.4. The second-order valence-corrected chi connectivity index (χ2v) is 7.08. The van der Waals surface area contributed by atoms with E-state index in [1.807, 2.05) is 54.6 Å². The van der Waals surface area contributed by atoms with E-state index in [0.29, 0.717) is 19.1 Å². The molecule has 1 aliphatic heterocycles. The Labute approximate surface area is 170 Å². The molecule has 0 spiro atoms. The van der Waals surface area contributed by atoms with Crippen LogP contribution < -0.4 is 15.2 Å². The van der Waals surface area contributed by atoms with Gasteiger partial charge in [0.1, 0.15) is 19.0 Å². The fourth-order valence-electron chi connectivity index (χ4n) is 3.40. The number of aromatic nitrogens is 2. The maximum absolute atomic E-state index is 12.4. The van der Waals surface area contributed by atoms with E-state index in [4.69, 9.17) is 9.47 Å². The fourth-order valence-corrected chi connectivity index (χ4v) is 3.40. The van der Waals surface area contributed by atoms with Gasteiger partial charge in [-0.25, -0.2) is 4.79 Å². The Hall–Kier alpha value is -3.12. The number of rotatable bonds is 8. The van der Waals surface area contributed by atoms with Crippen molar-refractivity contribution in [1.29, 1.82) is 0 Å². The highest BCUT2D eigenvalue weighted by molar-refractivity contribution is 5.37. The van der Waals surface area contributed by atoms with Crippen LogP contribution in [0.5, 0.6) is 11.6 Å². The molecule has 6 nitrogen and oxygen atoms in total. The van der Waals surface area contributed by atoms with Crippen molar-refractivity contribution >= 4 is 0 Å². The van der Waals surface area contributed by atoms with Crippen LogP contribution in [0.25, 0.3) is 5.69 Å². The highest BCUT2D eigenvalue weighted by Crippen LogP contribution is 2.16. The summed E-state index contributed by atoms with van der Waals surface area (Å²) >= 11 is 0. The number of hydrogen-bond donors (Lipinski definition) is 0. The van der Waals surface area contributed by atoms with E-state index in [2.05, 4.69) is 9.88 Å². The van der Waals surface area contributed by atoms with Crippen molar-refractivity contribution in [3.05, 3.63) is 82.9 Å². The monoisotopic (exact) mass is 391 g/mol. The van der Waals surface area contributed by atoms with Gasteiger partial charge in [-0.2, -0.15) is 4.98 Å².